The average molecular weight is 439 g/mol. The first kappa shape index (κ1) is 21.4. The molecule has 3 fully saturated rings. The van der Waals surface area contributed by atoms with Gasteiger partial charge in [-0.3, -0.25) is 14.4 Å². The van der Waals surface area contributed by atoms with Crippen LogP contribution in [0.4, 0.5) is 0 Å². The Morgan fingerprint density at radius 3 is 2.67 bits per heavy atom. The Morgan fingerprint density at radius 2 is 1.93 bits per heavy atom. The van der Waals surface area contributed by atoms with E-state index in [0.29, 0.717) is 37.1 Å². The van der Waals surface area contributed by atoms with Crippen LogP contribution in [-0.4, -0.2) is 82.4 Å². The van der Waals surface area contributed by atoms with E-state index < -0.39 is 15.6 Å². The number of ether oxygens (including phenoxy) is 1. The van der Waals surface area contributed by atoms with Crippen LogP contribution in [0.3, 0.4) is 0 Å². The second kappa shape index (κ2) is 8.74. The fourth-order valence-corrected chi connectivity index (χ4v) is 6.56. The lowest BCUT2D eigenvalue weighted by molar-refractivity contribution is -0.133. The molecule has 3 atom stereocenters. The molecule has 0 N–H and O–H groups in total. The smallest absolute Gasteiger partial charge is 0.301 e. The molecule has 0 aromatic heterocycles. The highest BCUT2D eigenvalue weighted by Gasteiger charge is 2.49. The van der Waals surface area contributed by atoms with Gasteiger partial charge in [-0.1, -0.05) is 0 Å². The highest BCUT2D eigenvalue weighted by molar-refractivity contribution is 7.93. The van der Waals surface area contributed by atoms with E-state index in [1.165, 1.54) is 7.05 Å². The summed E-state index contributed by atoms with van der Waals surface area (Å²) in [7, 11) is -1.24. The Hall–Kier alpha value is -1.81. The molecule has 3 amide bonds. The van der Waals surface area contributed by atoms with Crippen LogP contribution in [0.25, 0.3) is 0 Å². The van der Waals surface area contributed by atoms with Crippen molar-refractivity contribution in [2.75, 3.05) is 44.9 Å². The van der Waals surface area contributed by atoms with Crippen molar-refractivity contribution in [2.45, 2.75) is 38.5 Å². The van der Waals surface area contributed by atoms with Gasteiger partial charge >= 0.3 is 5.91 Å². The lowest BCUT2D eigenvalue weighted by Gasteiger charge is -2.24. The van der Waals surface area contributed by atoms with Crippen molar-refractivity contribution in [1.29, 1.82) is 0 Å². The third kappa shape index (κ3) is 4.74. The van der Waals surface area contributed by atoms with Crippen molar-refractivity contribution in [3.8, 4) is 0 Å². The Bertz CT molecular complexity index is 872. The van der Waals surface area contributed by atoms with Crippen LogP contribution in [0.1, 0.15) is 38.5 Å². The fraction of sp³-hybridized carbons (Fsp3) is 0.800. The molecule has 3 heterocycles. The Kier molecular flexibility index (Phi) is 6.24. The van der Waals surface area contributed by atoms with Gasteiger partial charge in [0.1, 0.15) is 5.71 Å². The first-order valence-corrected chi connectivity index (χ1v) is 12.7. The third-order valence-corrected chi connectivity index (χ3v) is 8.86. The number of amides is 3. The molecule has 1 aliphatic carbocycles. The Labute approximate surface area is 177 Å². The van der Waals surface area contributed by atoms with Gasteiger partial charge in [-0.05, 0) is 37.5 Å². The zero-order valence-electron chi connectivity index (χ0n) is 17.5. The maximum atomic E-state index is 13.2. The maximum Gasteiger partial charge on any atom is 0.301 e. The molecule has 3 aliphatic heterocycles. The molecule has 0 radical (unpaired) electrons. The van der Waals surface area contributed by atoms with Gasteiger partial charge in [-0.2, -0.15) is 9.46 Å². The number of hydrazone groups is 1. The van der Waals surface area contributed by atoms with E-state index in [2.05, 4.69) is 9.46 Å². The predicted molar refractivity (Wildman–Crippen MR) is 111 cm³/mol. The van der Waals surface area contributed by atoms with Gasteiger partial charge in [0.25, 0.3) is 0 Å². The minimum absolute atomic E-state index is 0.0884. The normalized spacial score (nSPS) is 33.0. The summed E-state index contributed by atoms with van der Waals surface area (Å²) in [5.41, 5.74) is 0.175. The van der Waals surface area contributed by atoms with Crippen LogP contribution >= 0.6 is 0 Å². The van der Waals surface area contributed by atoms with Gasteiger partial charge < -0.3 is 9.64 Å². The lowest BCUT2D eigenvalue weighted by Crippen LogP contribution is -2.35. The van der Waals surface area contributed by atoms with E-state index in [-0.39, 0.29) is 42.0 Å². The molecule has 30 heavy (non-hydrogen) atoms. The monoisotopic (exact) mass is 438 g/mol. The number of nitrogens with zero attached hydrogens (tertiary/aromatic N) is 4. The Morgan fingerprint density at radius 1 is 1.17 bits per heavy atom. The van der Waals surface area contributed by atoms with Crippen LogP contribution in [0.5, 0.6) is 0 Å². The molecule has 166 valence electrons. The van der Waals surface area contributed by atoms with Crippen molar-refractivity contribution >= 4 is 33.2 Å². The van der Waals surface area contributed by atoms with Crippen molar-refractivity contribution in [2.24, 2.45) is 27.2 Å². The summed E-state index contributed by atoms with van der Waals surface area (Å²) >= 11 is 0. The van der Waals surface area contributed by atoms with Crippen LogP contribution in [0.15, 0.2) is 9.46 Å². The molecule has 0 aromatic rings. The summed E-state index contributed by atoms with van der Waals surface area (Å²) in [4.78, 5) is 38.8. The molecule has 4 rings (SSSR count). The number of carbonyl (C=O) groups excluding carboxylic acids is 3. The second-order valence-electron chi connectivity index (χ2n) is 8.68. The fourth-order valence-electron chi connectivity index (χ4n) is 4.68. The van der Waals surface area contributed by atoms with Gasteiger partial charge in [0, 0.05) is 63.6 Å². The molecular formula is C20H30N4O5S. The average Bonchev–Trinajstić information content (AvgIpc) is 3.55. The molecular weight excluding hydrogens is 408 g/mol. The summed E-state index contributed by atoms with van der Waals surface area (Å²) in [5.74, 6) is 1.06. The van der Waals surface area contributed by atoms with Gasteiger partial charge in [0.15, 0.2) is 0 Å². The minimum Gasteiger partial charge on any atom is -0.381 e. The summed E-state index contributed by atoms with van der Waals surface area (Å²) in [6, 6.07) is 0. The van der Waals surface area contributed by atoms with E-state index in [4.69, 9.17) is 4.74 Å². The first-order valence-electron chi connectivity index (χ1n) is 10.8. The first-order chi connectivity index (χ1) is 14.4. The maximum absolute atomic E-state index is 13.2. The van der Waals surface area contributed by atoms with Crippen LogP contribution < -0.4 is 0 Å². The van der Waals surface area contributed by atoms with Gasteiger partial charge in [-0.25, -0.2) is 9.22 Å². The van der Waals surface area contributed by atoms with E-state index in [1.54, 1.807) is 0 Å². The zero-order chi connectivity index (χ0) is 21.3. The summed E-state index contributed by atoms with van der Waals surface area (Å²) in [6.45, 7) is 2.52. The van der Waals surface area contributed by atoms with E-state index in [1.807, 2.05) is 4.90 Å². The van der Waals surface area contributed by atoms with Crippen molar-refractivity contribution in [3.05, 3.63) is 0 Å². The highest BCUT2D eigenvalue weighted by atomic mass is 32.2. The molecule has 2 saturated heterocycles. The van der Waals surface area contributed by atoms with E-state index in [0.717, 1.165) is 37.5 Å². The highest BCUT2D eigenvalue weighted by Crippen LogP contribution is 2.48. The molecule has 0 bridgehead atoms. The molecule has 10 heteroatoms. The van der Waals surface area contributed by atoms with Crippen molar-refractivity contribution in [3.63, 3.8) is 0 Å². The van der Waals surface area contributed by atoms with Crippen LogP contribution in [-0.2, 0) is 28.8 Å². The van der Waals surface area contributed by atoms with Gasteiger partial charge in [0.2, 0.25) is 11.8 Å². The second-order valence-corrected chi connectivity index (χ2v) is 11.2. The number of rotatable bonds is 3. The number of hydrogen-bond acceptors (Lipinski definition) is 6. The summed E-state index contributed by atoms with van der Waals surface area (Å²) < 4.78 is 22.7. The van der Waals surface area contributed by atoms with Crippen molar-refractivity contribution in [1.82, 2.24) is 9.91 Å². The van der Waals surface area contributed by atoms with Crippen molar-refractivity contribution < 1.29 is 23.3 Å². The molecule has 0 aromatic carbocycles. The van der Waals surface area contributed by atoms with Gasteiger partial charge in [-0.15, -0.1) is 0 Å². The van der Waals surface area contributed by atoms with Gasteiger partial charge in [0.05, 0.1) is 9.73 Å². The topological polar surface area (TPSA) is 109 Å². The molecule has 1 unspecified atom stereocenters. The minimum atomic E-state index is -2.73. The largest absolute Gasteiger partial charge is 0.381 e. The summed E-state index contributed by atoms with van der Waals surface area (Å²) in [5, 5.41) is 5.10. The van der Waals surface area contributed by atoms with E-state index >= 15 is 0 Å². The Balaban J connectivity index is 1.36. The predicted octanol–water partition coefficient (Wildman–Crippen LogP) is 0.884. The SMILES string of the molecule is CN1N=C(C(=O)N=S2(=O)CCCN(C(=O)[C@@H]3C[C@H]3C3CCOCC3)CC2)CCC1=O. The molecule has 0 spiro atoms. The molecule has 4 aliphatic rings. The lowest BCUT2D eigenvalue weighted by atomic mass is 9.93. The van der Waals surface area contributed by atoms with Crippen LogP contribution in [0.2, 0.25) is 0 Å². The zero-order valence-corrected chi connectivity index (χ0v) is 18.3. The number of carbonyl (C=O) groups is 3. The number of hydrogen-bond donors (Lipinski definition) is 0. The van der Waals surface area contributed by atoms with Crippen LogP contribution in [0, 0.1) is 17.8 Å². The third-order valence-electron chi connectivity index (χ3n) is 6.62. The standard InChI is InChI=1S/C20H30N4O5S/c1-23-18(25)4-3-17(21-23)19(26)22-30(28)11-2-7-24(8-12-30)20(27)16-13-15(16)14-5-9-29-10-6-14/h14-16H,2-13H2,1H3/t15-,16+,30?/m0/s1. The quantitative estimate of drug-likeness (QED) is 0.650. The van der Waals surface area contributed by atoms with E-state index in [9.17, 15) is 18.6 Å². The summed E-state index contributed by atoms with van der Waals surface area (Å²) in [6.07, 6.45) is 4.02. The molecule has 1 saturated carbocycles. The molecule has 9 nitrogen and oxygen atoms in total.